The Morgan fingerprint density at radius 3 is 2.89 bits per heavy atom. The van der Waals surface area contributed by atoms with E-state index >= 15 is 0 Å². The lowest BCUT2D eigenvalue weighted by atomic mass is 9.89. The Kier molecular flexibility index (Phi) is 3.43. The minimum atomic E-state index is 0. The first-order valence-corrected chi connectivity index (χ1v) is 7.47. The van der Waals surface area contributed by atoms with Crippen LogP contribution in [-0.2, 0) is 0 Å². The van der Waals surface area contributed by atoms with Gasteiger partial charge in [-0.15, -0.1) is 5.73 Å². The van der Waals surface area contributed by atoms with E-state index in [1.54, 1.807) is 0 Å². The van der Waals surface area contributed by atoms with Gasteiger partial charge in [-0.2, -0.15) is 0 Å². The summed E-state index contributed by atoms with van der Waals surface area (Å²) in [6, 6.07) is 1.42. The highest BCUT2D eigenvalue weighted by Crippen LogP contribution is 2.44. The van der Waals surface area contributed by atoms with E-state index in [2.05, 4.69) is 35.4 Å². The molecule has 0 amide bonds. The van der Waals surface area contributed by atoms with Crippen molar-refractivity contribution in [1.29, 1.82) is 0 Å². The molecule has 102 valence electrons. The predicted molar refractivity (Wildman–Crippen MR) is 79.8 cm³/mol. The third-order valence-corrected chi connectivity index (χ3v) is 4.55. The zero-order chi connectivity index (χ0) is 12.4. The van der Waals surface area contributed by atoms with Gasteiger partial charge in [-0.3, -0.25) is 0 Å². The number of hydrogen-bond acceptors (Lipinski definition) is 2. The van der Waals surface area contributed by atoms with Crippen LogP contribution in [-0.4, -0.2) is 24.2 Å². The van der Waals surface area contributed by atoms with Gasteiger partial charge in [-0.05, 0) is 62.5 Å². The molecule has 0 saturated heterocycles. The van der Waals surface area contributed by atoms with Crippen LogP contribution in [0.4, 0.5) is 0 Å². The molecule has 0 bridgehead atoms. The van der Waals surface area contributed by atoms with Crippen molar-refractivity contribution < 1.29 is 2.85 Å². The van der Waals surface area contributed by atoms with Crippen molar-refractivity contribution in [2.75, 3.05) is 6.54 Å². The minimum absolute atomic E-state index is 0. The largest absolute Gasteiger partial charge is 0.314 e. The third-order valence-electron chi connectivity index (χ3n) is 4.55. The summed E-state index contributed by atoms with van der Waals surface area (Å²) in [5.41, 5.74) is 4.95. The SMILES string of the molecule is CCNC1CCCC(NC2(C3=CC=C=C3)CC2)C1.[HH].[HH]. The second kappa shape index (κ2) is 5.05. The van der Waals surface area contributed by atoms with Crippen LogP contribution in [0.5, 0.6) is 0 Å². The summed E-state index contributed by atoms with van der Waals surface area (Å²) >= 11 is 0. The fourth-order valence-electron chi connectivity index (χ4n) is 3.45. The Labute approximate surface area is 113 Å². The van der Waals surface area contributed by atoms with Crippen molar-refractivity contribution in [3.8, 4) is 0 Å². The van der Waals surface area contributed by atoms with Crippen molar-refractivity contribution in [2.45, 2.75) is 63.1 Å². The van der Waals surface area contributed by atoms with Crippen molar-refractivity contribution in [2.24, 2.45) is 0 Å². The highest BCUT2D eigenvalue weighted by atomic mass is 15.1. The van der Waals surface area contributed by atoms with E-state index in [1.165, 1.54) is 44.1 Å². The topological polar surface area (TPSA) is 24.1 Å². The summed E-state index contributed by atoms with van der Waals surface area (Å²) in [4.78, 5) is 0. The molecule has 0 heterocycles. The molecule has 18 heavy (non-hydrogen) atoms. The highest BCUT2D eigenvalue weighted by Gasteiger charge is 2.46. The van der Waals surface area contributed by atoms with Crippen LogP contribution in [0, 0.1) is 0 Å². The maximum Gasteiger partial charge on any atom is 0.0444 e. The van der Waals surface area contributed by atoms with Gasteiger partial charge in [0.05, 0.1) is 0 Å². The minimum Gasteiger partial charge on any atom is -0.314 e. The summed E-state index contributed by atoms with van der Waals surface area (Å²) in [6.07, 6.45) is 14.4. The first-order valence-electron chi connectivity index (χ1n) is 7.47. The van der Waals surface area contributed by atoms with E-state index in [4.69, 9.17) is 0 Å². The average Bonchev–Trinajstić information content (AvgIpc) is 2.93. The highest BCUT2D eigenvalue weighted by molar-refractivity contribution is 5.43. The molecule has 3 aliphatic carbocycles. The van der Waals surface area contributed by atoms with Gasteiger partial charge in [-0.25, -0.2) is 0 Å². The fraction of sp³-hybridized carbons (Fsp3) is 0.688. The van der Waals surface area contributed by atoms with E-state index in [0.29, 0.717) is 11.6 Å². The normalized spacial score (nSPS) is 32.6. The maximum absolute atomic E-state index is 3.94. The lowest BCUT2D eigenvalue weighted by molar-refractivity contribution is 0.289. The Morgan fingerprint density at radius 1 is 1.39 bits per heavy atom. The Balaban J connectivity index is 0.000001000. The zero-order valence-electron chi connectivity index (χ0n) is 11.3. The lowest BCUT2D eigenvalue weighted by Gasteiger charge is -2.33. The molecule has 0 aromatic carbocycles. The van der Waals surface area contributed by atoms with Gasteiger partial charge in [-0.1, -0.05) is 13.3 Å². The molecule has 3 aliphatic rings. The Hall–Kier alpha value is -0.820. The molecule has 0 aromatic rings. The zero-order valence-corrected chi connectivity index (χ0v) is 11.3. The van der Waals surface area contributed by atoms with Gasteiger partial charge < -0.3 is 10.6 Å². The van der Waals surface area contributed by atoms with Crippen LogP contribution in [0.15, 0.2) is 29.5 Å². The summed E-state index contributed by atoms with van der Waals surface area (Å²) < 4.78 is 0. The van der Waals surface area contributed by atoms with Gasteiger partial charge in [0, 0.05) is 20.5 Å². The number of allylic oxidation sites excluding steroid dienone is 1. The molecule has 2 N–H and O–H groups in total. The molecule has 0 spiro atoms. The molecule has 2 fully saturated rings. The molecule has 0 radical (unpaired) electrons. The standard InChI is InChI=1S/C16H24N2.2H2/c1-2-17-14-8-5-9-15(12-14)18-16(10-11-16)13-6-3-4-7-13;;/h3,6-7,14-15,17-18H,2,5,8-12H2,1H3;2*1H. The fourth-order valence-corrected chi connectivity index (χ4v) is 3.45. The van der Waals surface area contributed by atoms with Crippen LogP contribution >= 0.6 is 0 Å². The van der Waals surface area contributed by atoms with Gasteiger partial charge in [0.15, 0.2) is 0 Å². The summed E-state index contributed by atoms with van der Waals surface area (Å²) in [7, 11) is 0. The van der Waals surface area contributed by atoms with Gasteiger partial charge in [0.2, 0.25) is 0 Å². The second-order valence-corrected chi connectivity index (χ2v) is 5.94. The van der Waals surface area contributed by atoms with Crippen molar-refractivity contribution in [1.82, 2.24) is 10.6 Å². The summed E-state index contributed by atoms with van der Waals surface area (Å²) in [5, 5.41) is 7.55. The predicted octanol–water partition coefficient (Wildman–Crippen LogP) is 3.17. The van der Waals surface area contributed by atoms with E-state index in [1.807, 2.05) is 6.08 Å². The van der Waals surface area contributed by atoms with Gasteiger partial charge in [0.1, 0.15) is 0 Å². The monoisotopic (exact) mass is 248 g/mol. The molecular weight excluding hydrogens is 220 g/mol. The van der Waals surface area contributed by atoms with E-state index < -0.39 is 0 Å². The van der Waals surface area contributed by atoms with E-state index in [-0.39, 0.29) is 2.85 Å². The van der Waals surface area contributed by atoms with E-state index in [9.17, 15) is 0 Å². The third kappa shape index (κ3) is 2.47. The van der Waals surface area contributed by atoms with Crippen molar-refractivity contribution >= 4 is 0 Å². The summed E-state index contributed by atoms with van der Waals surface area (Å²) in [5.74, 6) is 0. The maximum atomic E-state index is 3.94. The molecular formula is C16H28N2. The molecule has 0 aliphatic heterocycles. The van der Waals surface area contributed by atoms with Gasteiger partial charge >= 0.3 is 0 Å². The Bertz CT molecular complexity index is 405. The molecule has 0 aromatic heterocycles. The molecule has 2 nitrogen and oxygen atoms in total. The average molecular weight is 248 g/mol. The van der Waals surface area contributed by atoms with Crippen LogP contribution in [0.25, 0.3) is 0 Å². The molecule has 2 saturated carbocycles. The van der Waals surface area contributed by atoms with Crippen LogP contribution in [0.3, 0.4) is 0 Å². The van der Waals surface area contributed by atoms with Gasteiger partial charge in [0.25, 0.3) is 0 Å². The van der Waals surface area contributed by atoms with Crippen molar-refractivity contribution in [3.05, 3.63) is 29.5 Å². The number of nitrogens with one attached hydrogen (secondary N) is 2. The van der Waals surface area contributed by atoms with Crippen LogP contribution < -0.4 is 10.6 Å². The first-order chi connectivity index (χ1) is 8.82. The number of hydrogen-bond donors (Lipinski definition) is 2. The molecule has 2 atom stereocenters. The lowest BCUT2D eigenvalue weighted by Crippen LogP contribution is -2.47. The van der Waals surface area contributed by atoms with Crippen LogP contribution in [0.2, 0.25) is 0 Å². The summed E-state index contributed by atoms with van der Waals surface area (Å²) in [6.45, 7) is 3.31. The van der Waals surface area contributed by atoms with Crippen LogP contribution in [0.1, 0.15) is 48.3 Å². The smallest absolute Gasteiger partial charge is 0.0444 e. The first kappa shape index (κ1) is 12.2. The quantitative estimate of drug-likeness (QED) is 0.730. The van der Waals surface area contributed by atoms with Crippen molar-refractivity contribution in [3.63, 3.8) is 0 Å². The molecule has 2 unspecified atom stereocenters. The second-order valence-electron chi connectivity index (χ2n) is 5.94. The number of rotatable bonds is 5. The molecule has 3 rings (SSSR count). The van der Waals surface area contributed by atoms with E-state index in [0.717, 1.165) is 12.6 Å². The Morgan fingerprint density at radius 2 is 2.22 bits per heavy atom. The molecule has 2 heteroatoms.